The lowest BCUT2D eigenvalue weighted by atomic mass is 9.85. The fourth-order valence-corrected chi connectivity index (χ4v) is 2.58. The van der Waals surface area contributed by atoms with E-state index in [0.29, 0.717) is 5.92 Å². The molecule has 0 radical (unpaired) electrons. The Bertz CT molecular complexity index is 705. The van der Waals surface area contributed by atoms with Crippen LogP contribution in [0.5, 0.6) is 0 Å². The molecule has 0 saturated carbocycles. The van der Waals surface area contributed by atoms with Gasteiger partial charge in [-0.2, -0.15) is 5.10 Å². The zero-order valence-corrected chi connectivity index (χ0v) is 14.8. The highest BCUT2D eigenvalue weighted by molar-refractivity contribution is 6.01. The smallest absolute Gasteiger partial charge is 0.240 e. The van der Waals surface area contributed by atoms with Crippen LogP contribution in [-0.2, 0) is 9.59 Å². The zero-order chi connectivity index (χ0) is 18.2. The van der Waals surface area contributed by atoms with Gasteiger partial charge in [0.15, 0.2) is 0 Å². The van der Waals surface area contributed by atoms with Gasteiger partial charge in [0.25, 0.3) is 0 Å². The molecule has 0 aromatic heterocycles. The highest BCUT2D eigenvalue weighted by Gasteiger charge is 2.18. The Balaban J connectivity index is 1.80. The predicted molar refractivity (Wildman–Crippen MR) is 101 cm³/mol. The van der Waals surface area contributed by atoms with Gasteiger partial charge in [0.05, 0.1) is 5.71 Å². The van der Waals surface area contributed by atoms with Crippen molar-refractivity contribution in [2.24, 2.45) is 11.0 Å². The molecule has 132 valence electrons. The number of para-hydroxylation sites is 1. The van der Waals surface area contributed by atoms with E-state index in [2.05, 4.69) is 28.5 Å². The summed E-state index contributed by atoms with van der Waals surface area (Å²) >= 11 is 0. The van der Waals surface area contributed by atoms with Crippen LogP contribution in [0.2, 0.25) is 0 Å². The topological polar surface area (TPSA) is 70.6 Å². The summed E-state index contributed by atoms with van der Waals surface area (Å²) in [5.41, 5.74) is 6.37. The van der Waals surface area contributed by atoms with E-state index in [-0.39, 0.29) is 24.7 Å². The number of carbonyl (C=O) groups is 2. The number of carbonyl (C=O) groups excluding carboxylic acids is 2. The van der Waals surface area contributed by atoms with Gasteiger partial charge in [-0.05, 0) is 50.3 Å². The molecule has 2 rings (SSSR count). The van der Waals surface area contributed by atoms with Crippen molar-refractivity contribution in [3.05, 3.63) is 54.1 Å². The van der Waals surface area contributed by atoms with E-state index in [9.17, 15) is 9.59 Å². The first-order valence-electron chi connectivity index (χ1n) is 8.48. The first-order chi connectivity index (χ1) is 12.0. The Labute approximate surface area is 148 Å². The van der Waals surface area contributed by atoms with Crippen molar-refractivity contribution in [2.75, 3.05) is 5.32 Å². The predicted octanol–water partition coefficient (Wildman–Crippen LogP) is 3.81. The van der Waals surface area contributed by atoms with E-state index in [1.165, 1.54) is 0 Å². The van der Waals surface area contributed by atoms with Gasteiger partial charge in [-0.3, -0.25) is 9.59 Å². The number of benzene rings is 1. The fraction of sp³-hybridized carbons (Fsp3) is 0.350. The molecular formula is C20H25N3O2. The number of hydrogen-bond acceptors (Lipinski definition) is 3. The maximum Gasteiger partial charge on any atom is 0.240 e. The van der Waals surface area contributed by atoms with Crippen molar-refractivity contribution in [2.45, 2.75) is 39.5 Å². The lowest BCUT2D eigenvalue weighted by Gasteiger charge is -2.22. The number of nitrogens with one attached hydrogen (secondary N) is 2. The first-order valence-corrected chi connectivity index (χ1v) is 8.48. The number of rotatable bonds is 6. The van der Waals surface area contributed by atoms with Crippen molar-refractivity contribution in [1.29, 1.82) is 0 Å². The number of hydrazone groups is 1. The molecule has 1 aromatic rings. The number of allylic oxidation sites excluding steroid dienone is 3. The molecule has 1 aliphatic carbocycles. The fourth-order valence-electron chi connectivity index (χ4n) is 2.58. The minimum absolute atomic E-state index is 0.0993. The third-order valence-electron chi connectivity index (χ3n) is 4.25. The standard InChI is InChI=1S/C20H25N3O2/c1-14(2)16-10-9-15(3)18(13-16)22-23-20(25)12-11-19(24)21-17-7-5-4-6-8-17/h4-9,16H,1,10-13H2,2-3H3,(H,21,24)(H,23,25)/b22-18+. The minimum Gasteiger partial charge on any atom is -0.326 e. The normalized spacial score (nSPS) is 18.4. The molecule has 5 heteroatoms. The van der Waals surface area contributed by atoms with Crippen molar-refractivity contribution < 1.29 is 9.59 Å². The van der Waals surface area contributed by atoms with Crippen molar-refractivity contribution >= 4 is 23.2 Å². The second-order valence-electron chi connectivity index (χ2n) is 6.38. The summed E-state index contributed by atoms with van der Waals surface area (Å²) in [5, 5.41) is 6.99. The summed E-state index contributed by atoms with van der Waals surface area (Å²) in [7, 11) is 0. The number of anilines is 1. The van der Waals surface area contributed by atoms with Gasteiger partial charge in [-0.15, -0.1) is 0 Å². The van der Waals surface area contributed by atoms with Gasteiger partial charge in [0, 0.05) is 18.5 Å². The lowest BCUT2D eigenvalue weighted by molar-refractivity contribution is -0.124. The summed E-state index contributed by atoms with van der Waals surface area (Å²) in [6, 6.07) is 9.18. The molecule has 1 aromatic carbocycles. The van der Waals surface area contributed by atoms with E-state index in [1.54, 1.807) is 12.1 Å². The van der Waals surface area contributed by atoms with E-state index in [4.69, 9.17) is 0 Å². The van der Waals surface area contributed by atoms with E-state index in [0.717, 1.165) is 35.4 Å². The Morgan fingerprint density at radius 2 is 1.88 bits per heavy atom. The molecule has 0 fully saturated rings. The van der Waals surface area contributed by atoms with Crippen LogP contribution in [0.15, 0.2) is 59.2 Å². The third kappa shape index (κ3) is 6.03. The van der Waals surface area contributed by atoms with Crippen LogP contribution < -0.4 is 10.7 Å². The lowest BCUT2D eigenvalue weighted by Crippen LogP contribution is -2.24. The van der Waals surface area contributed by atoms with E-state index in [1.807, 2.05) is 32.0 Å². The monoisotopic (exact) mass is 339 g/mol. The molecule has 1 unspecified atom stereocenters. The van der Waals surface area contributed by atoms with Crippen LogP contribution in [0.4, 0.5) is 5.69 Å². The van der Waals surface area contributed by atoms with Crippen molar-refractivity contribution in [3.8, 4) is 0 Å². The van der Waals surface area contributed by atoms with E-state index >= 15 is 0 Å². The van der Waals surface area contributed by atoms with Gasteiger partial charge < -0.3 is 5.32 Å². The van der Waals surface area contributed by atoms with Crippen LogP contribution in [0.3, 0.4) is 0 Å². The van der Waals surface area contributed by atoms with Crippen LogP contribution in [0, 0.1) is 5.92 Å². The zero-order valence-electron chi connectivity index (χ0n) is 14.8. The van der Waals surface area contributed by atoms with Crippen molar-refractivity contribution in [3.63, 3.8) is 0 Å². The maximum absolute atomic E-state index is 11.9. The Morgan fingerprint density at radius 3 is 2.56 bits per heavy atom. The van der Waals surface area contributed by atoms with Gasteiger partial charge in [-0.1, -0.05) is 36.4 Å². The van der Waals surface area contributed by atoms with Gasteiger partial charge in [0.2, 0.25) is 11.8 Å². The van der Waals surface area contributed by atoms with Crippen LogP contribution in [-0.4, -0.2) is 17.5 Å². The van der Waals surface area contributed by atoms with E-state index < -0.39 is 0 Å². The van der Waals surface area contributed by atoms with Gasteiger partial charge >= 0.3 is 0 Å². The molecule has 5 nitrogen and oxygen atoms in total. The quantitative estimate of drug-likeness (QED) is 0.611. The number of hydrogen-bond donors (Lipinski definition) is 2. The van der Waals surface area contributed by atoms with Crippen LogP contribution in [0.25, 0.3) is 0 Å². The average molecular weight is 339 g/mol. The first kappa shape index (κ1) is 18.6. The van der Waals surface area contributed by atoms with Crippen molar-refractivity contribution in [1.82, 2.24) is 5.43 Å². The highest BCUT2D eigenvalue weighted by Crippen LogP contribution is 2.26. The number of nitrogens with zero attached hydrogens (tertiary/aromatic N) is 1. The molecule has 2 amide bonds. The maximum atomic E-state index is 11.9. The van der Waals surface area contributed by atoms with Gasteiger partial charge in [-0.25, -0.2) is 5.43 Å². The highest BCUT2D eigenvalue weighted by atomic mass is 16.2. The average Bonchev–Trinajstić information content (AvgIpc) is 2.60. The summed E-state index contributed by atoms with van der Waals surface area (Å²) in [4.78, 5) is 23.8. The summed E-state index contributed by atoms with van der Waals surface area (Å²) in [6.45, 7) is 8.01. The number of amides is 2. The molecule has 0 aliphatic heterocycles. The largest absolute Gasteiger partial charge is 0.326 e. The molecular weight excluding hydrogens is 314 g/mol. The van der Waals surface area contributed by atoms with Crippen LogP contribution >= 0.6 is 0 Å². The molecule has 0 heterocycles. The molecule has 0 spiro atoms. The second kappa shape index (κ2) is 8.97. The Morgan fingerprint density at radius 1 is 1.20 bits per heavy atom. The van der Waals surface area contributed by atoms with Gasteiger partial charge in [0.1, 0.15) is 0 Å². The molecule has 1 atom stereocenters. The summed E-state index contributed by atoms with van der Waals surface area (Å²) in [5.74, 6) is -0.0814. The molecule has 2 N–H and O–H groups in total. The third-order valence-corrected chi connectivity index (χ3v) is 4.25. The minimum atomic E-state index is -0.263. The Kier molecular flexibility index (Phi) is 6.69. The molecule has 25 heavy (non-hydrogen) atoms. The van der Waals surface area contributed by atoms with Crippen LogP contribution in [0.1, 0.15) is 39.5 Å². The summed E-state index contributed by atoms with van der Waals surface area (Å²) in [6.07, 6.45) is 4.10. The SMILES string of the molecule is C=C(C)C1CC=C(C)/C(=N/NC(=O)CCC(=O)Nc2ccccc2)C1. The molecule has 0 bridgehead atoms. The second-order valence-corrected chi connectivity index (χ2v) is 6.38. The molecule has 1 aliphatic rings. The Hall–Kier alpha value is -2.69. The molecule has 0 saturated heterocycles. The summed E-state index contributed by atoms with van der Waals surface area (Å²) < 4.78 is 0.